The number of rotatable bonds is 3. The molecule has 1 nitrogen and oxygen atoms in total. The summed E-state index contributed by atoms with van der Waals surface area (Å²) in [6, 6.07) is 21.2. The van der Waals surface area contributed by atoms with Gasteiger partial charge in [-0.1, -0.05) is 72.3 Å². The Kier molecular flexibility index (Phi) is 3.85. The lowest BCUT2D eigenvalue weighted by molar-refractivity contribution is 0.104. The van der Waals surface area contributed by atoms with Crippen molar-refractivity contribution in [3.05, 3.63) is 89.0 Å². The molecule has 3 aromatic carbocycles. The van der Waals surface area contributed by atoms with Crippen LogP contribution in [0.2, 0.25) is 5.02 Å². The second kappa shape index (κ2) is 5.94. The first-order chi connectivity index (χ1) is 10.2. The molecule has 0 aliphatic heterocycles. The molecule has 21 heavy (non-hydrogen) atoms. The van der Waals surface area contributed by atoms with Gasteiger partial charge in [-0.2, -0.15) is 0 Å². The van der Waals surface area contributed by atoms with Crippen LogP contribution in [0.4, 0.5) is 0 Å². The number of carbonyl (C=O) groups is 1. The summed E-state index contributed by atoms with van der Waals surface area (Å²) in [6.07, 6.45) is 3.44. The maximum Gasteiger partial charge on any atom is 0.185 e. The molecule has 0 aromatic heterocycles. The highest BCUT2D eigenvalue weighted by Crippen LogP contribution is 2.20. The van der Waals surface area contributed by atoms with Gasteiger partial charge in [-0.15, -0.1) is 0 Å². The second-order valence-electron chi connectivity index (χ2n) is 4.78. The van der Waals surface area contributed by atoms with Crippen LogP contribution < -0.4 is 0 Å². The maximum atomic E-state index is 12.2. The Morgan fingerprint density at radius 2 is 1.67 bits per heavy atom. The molecule has 0 aliphatic carbocycles. The Morgan fingerprint density at radius 1 is 0.905 bits per heavy atom. The van der Waals surface area contributed by atoms with Crippen LogP contribution in [0.25, 0.3) is 16.8 Å². The van der Waals surface area contributed by atoms with Crippen molar-refractivity contribution >= 4 is 34.2 Å². The number of benzene rings is 3. The summed E-state index contributed by atoms with van der Waals surface area (Å²) in [4.78, 5) is 12.2. The molecule has 0 heterocycles. The number of ketones is 1. The van der Waals surface area contributed by atoms with Gasteiger partial charge in [0.2, 0.25) is 0 Å². The fourth-order valence-corrected chi connectivity index (χ4v) is 2.49. The molecule has 2 heteroatoms. The third-order valence-corrected chi connectivity index (χ3v) is 3.58. The Labute approximate surface area is 128 Å². The molecule has 0 fully saturated rings. The van der Waals surface area contributed by atoms with Crippen LogP contribution in [-0.2, 0) is 0 Å². The van der Waals surface area contributed by atoms with Crippen molar-refractivity contribution in [1.82, 2.24) is 0 Å². The molecule has 3 aromatic rings. The Bertz CT molecular complexity index is 828. The minimum atomic E-state index is -0.0505. The highest BCUT2D eigenvalue weighted by Gasteiger charge is 2.02. The van der Waals surface area contributed by atoms with E-state index in [0.717, 1.165) is 16.3 Å². The number of carbonyl (C=O) groups excluding carboxylic acids is 1. The van der Waals surface area contributed by atoms with E-state index in [1.54, 1.807) is 30.3 Å². The lowest BCUT2D eigenvalue weighted by Gasteiger charge is -2.01. The molecule has 102 valence electrons. The predicted molar refractivity (Wildman–Crippen MR) is 88.8 cm³/mol. The van der Waals surface area contributed by atoms with Crippen LogP contribution in [0.3, 0.4) is 0 Å². The molecule has 0 aliphatic rings. The normalized spacial score (nSPS) is 11.1. The van der Waals surface area contributed by atoms with Gasteiger partial charge in [-0.25, -0.2) is 0 Å². The van der Waals surface area contributed by atoms with Crippen LogP contribution in [0.5, 0.6) is 0 Å². The van der Waals surface area contributed by atoms with E-state index in [0.29, 0.717) is 10.6 Å². The van der Waals surface area contributed by atoms with Gasteiger partial charge >= 0.3 is 0 Å². The van der Waals surface area contributed by atoms with Crippen molar-refractivity contribution in [2.45, 2.75) is 0 Å². The minimum Gasteiger partial charge on any atom is -0.289 e. The monoisotopic (exact) mass is 292 g/mol. The largest absolute Gasteiger partial charge is 0.289 e. The van der Waals surface area contributed by atoms with Crippen molar-refractivity contribution in [1.29, 1.82) is 0 Å². The molecule has 0 spiro atoms. The van der Waals surface area contributed by atoms with Gasteiger partial charge in [-0.3, -0.25) is 4.79 Å². The third kappa shape index (κ3) is 3.04. The first-order valence-electron chi connectivity index (χ1n) is 6.70. The highest BCUT2D eigenvalue weighted by molar-refractivity contribution is 6.31. The molecule has 3 rings (SSSR count). The number of halogens is 1. The van der Waals surface area contributed by atoms with E-state index >= 15 is 0 Å². The Balaban J connectivity index is 1.93. The smallest absolute Gasteiger partial charge is 0.185 e. The SMILES string of the molecule is O=C(/C=C/c1cccc2ccccc12)c1cccc(Cl)c1. The lowest BCUT2D eigenvalue weighted by Crippen LogP contribution is -1.93. The number of hydrogen-bond acceptors (Lipinski definition) is 1. The van der Waals surface area contributed by atoms with Gasteiger partial charge in [0, 0.05) is 10.6 Å². The van der Waals surface area contributed by atoms with E-state index in [1.807, 2.05) is 30.3 Å². The van der Waals surface area contributed by atoms with Crippen LogP contribution in [0, 0.1) is 0 Å². The van der Waals surface area contributed by atoms with Gasteiger partial charge < -0.3 is 0 Å². The Hall–Kier alpha value is -2.38. The van der Waals surface area contributed by atoms with Gasteiger partial charge in [0.25, 0.3) is 0 Å². The number of fused-ring (bicyclic) bond motifs is 1. The van der Waals surface area contributed by atoms with Gasteiger partial charge in [0.15, 0.2) is 5.78 Å². The van der Waals surface area contributed by atoms with Gasteiger partial charge in [0.1, 0.15) is 0 Å². The summed E-state index contributed by atoms with van der Waals surface area (Å²) in [6.45, 7) is 0. The van der Waals surface area contributed by atoms with Crippen molar-refractivity contribution in [3.63, 3.8) is 0 Å². The van der Waals surface area contributed by atoms with Crippen LogP contribution in [-0.4, -0.2) is 5.78 Å². The summed E-state index contributed by atoms with van der Waals surface area (Å²) in [5, 5.41) is 2.87. The second-order valence-corrected chi connectivity index (χ2v) is 5.21. The summed E-state index contributed by atoms with van der Waals surface area (Å²) in [7, 11) is 0. The van der Waals surface area contributed by atoms with Gasteiger partial charge in [-0.05, 0) is 34.5 Å². The van der Waals surface area contributed by atoms with Crippen molar-refractivity contribution in [3.8, 4) is 0 Å². The number of allylic oxidation sites excluding steroid dienone is 1. The predicted octanol–water partition coefficient (Wildman–Crippen LogP) is 5.39. The first kappa shape index (κ1) is 13.6. The molecule has 0 saturated carbocycles. The summed E-state index contributed by atoms with van der Waals surface area (Å²) in [5.41, 5.74) is 1.63. The molecule has 0 atom stereocenters. The number of hydrogen-bond donors (Lipinski definition) is 0. The van der Waals surface area contributed by atoms with Crippen LogP contribution in [0.1, 0.15) is 15.9 Å². The molecular weight excluding hydrogens is 280 g/mol. The van der Waals surface area contributed by atoms with Crippen molar-refractivity contribution < 1.29 is 4.79 Å². The summed E-state index contributed by atoms with van der Waals surface area (Å²) >= 11 is 5.91. The van der Waals surface area contributed by atoms with Crippen LogP contribution in [0.15, 0.2) is 72.8 Å². The molecule has 0 saturated heterocycles. The zero-order valence-corrected chi connectivity index (χ0v) is 12.0. The fourth-order valence-electron chi connectivity index (χ4n) is 2.30. The highest BCUT2D eigenvalue weighted by atomic mass is 35.5. The zero-order chi connectivity index (χ0) is 14.7. The van der Waals surface area contributed by atoms with Crippen molar-refractivity contribution in [2.24, 2.45) is 0 Å². The van der Waals surface area contributed by atoms with E-state index in [9.17, 15) is 4.79 Å². The van der Waals surface area contributed by atoms with Crippen molar-refractivity contribution in [2.75, 3.05) is 0 Å². The quantitative estimate of drug-likeness (QED) is 0.467. The summed E-state index contributed by atoms with van der Waals surface area (Å²) < 4.78 is 0. The minimum absolute atomic E-state index is 0.0505. The molecule has 0 N–H and O–H groups in total. The first-order valence-corrected chi connectivity index (χ1v) is 7.07. The van der Waals surface area contributed by atoms with Gasteiger partial charge in [0.05, 0.1) is 0 Å². The van der Waals surface area contributed by atoms with E-state index < -0.39 is 0 Å². The molecule has 0 unspecified atom stereocenters. The van der Waals surface area contributed by atoms with Crippen LogP contribution >= 0.6 is 11.6 Å². The topological polar surface area (TPSA) is 17.1 Å². The Morgan fingerprint density at radius 3 is 2.52 bits per heavy atom. The molecule has 0 radical (unpaired) electrons. The summed E-state index contributed by atoms with van der Waals surface area (Å²) in [5.74, 6) is -0.0505. The van der Waals surface area contributed by atoms with E-state index in [-0.39, 0.29) is 5.78 Å². The zero-order valence-electron chi connectivity index (χ0n) is 11.3. The van der Waals surface area contributed by atoms with E-state index in [1.165, 1.54) is 0 Å². The molecule has 0 amide bonds. The standard InChI is InChI=1S/C19H13ClO/c20-17-9-4-8-16(13-17)19(21)12-11-15-7-3-6-14-5-1-2-10-18(14)15/h1-13H/b12-11+. The maximum absolute atomic E-state index is 12.2. The third-order valence-electron chi connectivity index (χ3n) is 3.35. The van der Waals surface area contributed by atoms with E-state index in [2.05, 4.69) is 18.2 Å². The van der Waals surface area contributed by atoms with E-state index in [4.69, 9.17) is 11.6 Å². The molecular formula is C19H13ClO. The lowest BCUT2D eigenvalue weighted by atomic mass is 10.0. The average molecular weight is 293 g/mol. The average Bonchev–Trinajstić information content (AvgIpc) is 2.52. The fraction of sp³-hybridized carbons (Fsp3) is 0. The molecule has 0 bridgehead atoms.